The van der Waals surface area contributed by atoms with E-state index in [1.165, 1.54) is 12.3 Å². The summed E-state index contributed by atoms with van der Waals surface area (Å²) in [5.41, 5.74) is -1.28. The number of Topliss-reactive ketones (excluding diaryl/α,β-unsaturated/α-hetero) is 1. The monoisotopic (exact) mass is 291 g/mol. The van der Waals surface area contributed by atoms with Gasteiger partial charge < -0.3 is 14.8 Å². The van der Waals surface area contributed by atoms with Crippen molar-refractivity contribution in [2.75, 3.05) is 5.32 Å². The number of hydrogen-bond acceptors (Lipinski definition) is 4. The lowest BCUT2D eigenvalue weighted by atomic mass is 9.89. The van der Waals surface area contributed by atoms with E-state index < -0.39 is 23.7 Å². The van der Waals surface area contributed by atoms with E-state index in [0.717, 1.165) is 0 Å². The first-order valence-electron chi connectivity index (χ1n) is 5.92. The van der Waals surface area contributed by atoms with Gasteiger partial charge in [0.2, 0.25) is 5.78 Å². The van der Waals surface area contributed by atoms with Crippen LogP contribution >= 0.6 is 11.6 Å². The Morgan fingerprint density at radius 2 is 2.15 bits per heavy atom. The van der Waals surface area contributed by atoms with Crippen molar-refractivity contribution in [2.24, 2.45) is 0 Å². The largest absolute Gasteiger partial charge is 0.461 e. The Labute approximate surface area is 119 Å². The van der Waals surface area contributed by atoms with Crippen LogP contribution in [0.4, 0.5) is 5.69 Å². The molecule has 0 saturated carbocycles. The van der Waals surface area contributed by atoms with Crippen molar-refractivity contribution >= 4 is 29.0 Å². The van der Waals surface area contributed by atoms with Gasteiger partial charge in [0.1, 0.15) is 0 Å². The molecule has 6 heteroatoms. The maximum absolute atomic E-state index is 12.0. The number of anilines is 1. The third-order valence-corrected chi connectivity index (χ3v) is 3.60. The lowest BCUT2D eigenvalue weighted by Gasteiger charge is -2.19. The van der Waals surface area contributed by atoms with Gasteiger partial charge >= 0.3 is 0 Å². The maximum Gasteiger partial charge on any atom is 0.261 e. The van der Waals surface area contributed by atoms with Gasteiger partial charge in [-0.3, -0.25) is 9.59 Å². The van der Waals surface area contributed by atoms with Gasteiger partial charge in [-0.2, -0.15) is 0 Å². The van der Waals surface area contributed by atoms with Crippen molar-refractivity contribution in [3.63, 3.8) is 0 Å². The summed E-state index contributed by atoms with van der Waals surface area (Å²) in [5.74, 6) is -1.03. The van der Waals surface area contributed by atoms with Gasteiger partial charge in [0, 0.05) is 5.56 Å². The highest BCUT2D eigenvalue weighted by Crippen LogP contribution is 2.42. The fraction of sp³-hybridized carbons (Fsp3) is 0.143. The van der Waals surface area contributed by atoms with Crippen LogP contribution in [0.25, 0.3) is 0 Å². The molecular weight excluding hydrogens is 282 g/mol. The summed E-state index contributed by atoms with van der Waals surface area (Å²) in [7, 11) is 0. The first-order valence-corrected chi connectivity index (χ1v) is 6.30. The molecule has 2 aromatic rings. The van der Waals surface area contributed by atoms with E-state index in [4.69, 9.17) is 16.0 Å². The van der Waals surface area contributed by atoms with Crippen LogP contribution in [0.1, 0.15) is 22.5 Å². The summed E-state index contributed by atoms with van der Waals surface area (Å²) in [6.07, 6.45) is 0.955. The number of ketones is 1. The molecule has 1 aromatic heterocycles. The van der Waals surface area contributed by atoms with Crippen LogP contribution in [0, 0.1) is 0 Å². The Morgan fingerprint density at radius 1 is 1.35 bits per heavy atom. The Balaban J connectivity index is 1.99. The van der Waals surface area contributed by atoms with Gasteiger partial charge in [0.05, 0.1) is 23.4 Å². The maximum atomic E-state index is 12.0. The average Bonchev–Trinajstić information content (AvgIpc) is 3.01. The molecule has 1 aromatic carbocycles. The third kappa shape index (κ3) is 1.83. The molecule has 0 bridgehead atoms. The van der Waals surface area contributed by atoms with E-state index >= 15 is 0 Å². The fourth-order valence-corrected chi connectivity index (χ4v) is 2.49. The zero-order valence-electron chi connectivity index (χ0n) is 10.2. The van der Waals surface area contributed by atoms with Crippen LogP contribution in [0.2, 0.25) is 5.02 Å². The summed E-state index contributed by atoms with van der Waals surface area (Å²) in [4.78, 5) is 24.0. The molecule has 0 radical (unpaired) electrons. The van der Waals surface area contributed by atoms with E-state index in [1.54, 1.807) is 24.3 Å². The smallest absolute Gasteiger partial charge is 0.261 e. The molecule has 5 nitrogen and oxygen atoms in total. The van der Waals surface area contributed by atoms with Crippen LogP contribution in [0.5, 0.6) is 0 Å². The molecule has 2 N–H and O–H groups in total. The van der Waals surface area contributed by atoms with Crippen LogP contribution in [0.15, 0.2) is 41.0 Å². The first kappa shape index (κ1) is 12.9. The highest BCUT2D eigenvalue weighted by Gasteiger charge is 2.47. The number of hydrogen-bond donors (Lipinski definition) is 2. The van der Waals surface area contributed by atoms with Crippen molar-refractivity contribution < 1.29 is 19.1 Å². The summed E-state index contributed by atoms with van der Waals surface area (Å²) in [6.45, 7) is 0. The lowest BCUT2D eigenvalue weighted by molar-refractivity contribution is -0.133. The number of carbonyl (C=O) groups is 2. The third-order valence-electron chi connectivity index (χ3n) is 3.29. The molecule has 20 heavy (non-hydrogen) atoms. The van der Waals surface area contributed by atoms with Crippen LogP contribution in [-0.4, -0.2) is 16.8 Å². The van der Waals surface area contributed by atoms with Gasteiger partial charge in [0.25, 0.3) is 5.91 Å². The summed E-state index contributed by atoms with van der Waals surface area (Å²) < 4.78 is 4.98. The number of halogens is 1. The predicted octanol–water partition coefficient (Wildman–Crippen LogP) is 2.35. The second kappa shape index (κ2) is 4.47. The minimum atomic E-state index is -1.93. The number of furan rings is 1. The van der Waals surface area contributed by atoms with Gasteiger partial charge in [-0.25, -0.2) is 0 Å². The molecular formula is C14H10ClNO4. The molecule has 102 valence electrons. The molecule has 1 atom stereocenters. The van der Waals surface area contributed by atoms with E-state index in [-0.39, 0.29) is 5.76 Å². The highest BCUT2D eigenvalue weighted by molar-refractivity contribution is 6.34. The van der Waals surface area contributed by atoms with E-state index in [2.05, 4.69) is 5.32 Å². The molecule has 1 aliphatic rings. The molecule has 0 saturated heterocycles. The molecule has 2 heterocycles. The number of aliphatic hydroxyl groups is 1. The predicted molar refractivity (Wildman–Crippen MR) is 71.6 cm³/mol. The van der Waals surface area contributed by atoms with Crippen molar-refractivity contribution in [1.29, 1.82) is 0 Å². The number of fused-ring (bicyclic) bond motifs is 1. The van der Waals surface area contributed by atoms with Crippen molar-refractivity contribution in [2.45, 2.75) is 12.0 Å². The van der Waals surface area contributed by atoms with Gasteiger partial charge in [-0.1, -0.05) is 23.7 Å². The first-order chi connectivity index (χ1) is 9.52. The number of para-hydroxylation sites is 1. The Bertz CT molecular complexity index is 695. The van der Waals surface area contributed by atoms with Gasteiger partial charge in [-0.05, 0) is 18.2 Å². The molecule has 0 spiro atoms. The molecule has 1 amide bonds. The topological polar surface area (TPSA) is 79.5 Å². The number of carbonyl (C=O) groups excluding carboxylic acids is 2. The summed E-state index contributed by atoms with van der Waals surface area (Å²) >= 11 is 5.97. The summed E-state index contributed by atoms with van der Waals surface area (Å²) in [5, 5.41) is 13.4. The standard InChI is InChI=1S/C14H10ClNO4/c15-9-4-1-3-8-12(9)16-13(18)14(8,19)7-10(17)11-5-2-6-20-11/h1-6,19H,7H2,(H,16,18)/t14-/m1/s1. The van der Waals surface area contributed by atoms with Crippen LogP contribution in [-0.2, 0) is 10.4 Å². The minimum absolute atomic E-state index is 0.0988. The molecule has 0 unspecified atom stereocenters. The van der Waals surface area contributed by atoms with Gasteiger partial charge in [0.15, 0.2) is 11.4 Å². The zero-order valence-corrected chi connectivity index (χ0v) is 11.0. The molecule has 1 aliphatic heterocycles. The van der Waals surface area contributed by atoms with E-state index in [1.807, 2.05) is 0 Å². The molecule has 0 fully saturated rings. The van der Waals surface area contributed by atoms with Crippen LogP contribution < -0.4 is 5.32 Å². The second-order valence-electron chi connectivity index (χ2n) is 4.55. The minimum Gasteiger partial charge on any atom is -0.461 e. The van der Waals surface area contributed by atoms with E-state index in [9.17, 15) is 14.7 Å². The number of amides is 1. The number of nitrogens with one attached hydrogen (secondary N) is 1. The number of rotatable bonds is 3. The van der Waals surface area contributed by atoms with Crippen molar-refractivity contribution in [1.82, 2.24) is 0 Å². The normalized spacial score (nSPS) is 20.6. The Hall–Kier alpha value is -2.11. The summed E-state index contributed by atoms with van der Waals surface area (Å²) in [6, 6.07) is 7.83. The Morgan fingerprint density at radius 3 is 2.85 bits per heavy atom. The lowest BCUT2D eigenvalue weighted by Crippen LogP contribution is -2.36. The number of benzene rings is 1. The quantitative estimate of drug-likeness (QED) is 0.851. The highest BCUT2D eigenvalue weighted by atomic mass is 35.5. The van der Waals surface area contributed by atoms with Crippen molar-refractivity contribution in [3.05, 3.63) is 52.9 Å². The van der Waals surface area contributed by atoms with Crippen LogP contribution in [0.3, 0.4) is 0 Å². The molecule has 0 aliphatic carbocycles. The second-order valence-corrected chi connectivity index (χ2v) is 4.96. The Kier molecular flexibility index (Phi) is 2.88. The van der Waals surface area contributed by atoms with Gasteiger partial charge in [-0.15, -0.1) is 0 Å². The molecule has 3 rings (SSSR count). The SMILES string of the molecule is O=C(C[C@]1(O)C(=O)Nc2c(Cl)cccc21)c1ccco1. The average molecular weight is 292 g/mol. The van der Waals surface area contributed by atoms with E-state index in [0.29, 0.717) is 16.3 Å². The zero-order chi connectivity index (χ0) is 14.3. The fourth-order valence-electron chi connectivity index (χ4n) is 2.27. The van der Waals surface area contributed by atoms with Crippen molar-refractivity contribution in [3.8, 4) is 0 Å².